The zero-order valence-electron chi connectivity index (χ0n) is 11.0. The number of nitrogens with zero attached hydrogens (tertiary/aromatic N) is 5. The van der Waals surface area contributed by atoms with Crippen molar-refractivity contribution in [2.45, 2.75) is 0 Å². The van der Waals surface area contributed by atoms with E-state index >= 15 is 0 Å². The normalized spacial score (nSPS) is 15.2. The van der Waals surface area contributed by atoms with Gasteiger partial charge in [0, 0.05) is 44.8 Å². The van der Waals surface area contributed by atoms with E-state index in [9.17, 15) is 4.79 Å². The number of piperazine rings is 1. The fourth-order valence-corrected chi connectivity index (χ4v) is 2.23. The van der Waals surface area contributed by atoms with Crippen LogP contribution in [-0.4, -0.2) is 47.4 Å². The van der Waals surface area contributed by atoms with Gasteiger partial charge in [0.2, 0.25) is 5.95 Å². The molecule has 0 unspecified atom stereocenters. The van der Waals surface area contributed by atoms with Crippen molar-refractivity contribution in [1.29, 1.82) is 0 Å². The van der Waals surface area contributed by atoms with E-state index in [1.54, 1.807) is 12.4 Å². The van der Waals surface area contributed by atoms with Crippen molar-refractivity contribution in [1.82, 2.24) is 15.0 Å². The van der Waals surface area contributed by atoms with Crippen molar-refractivity contribution in [3.8, 4) is 0 Å². The van der Waals surface area contributed by atoms with E-state index in [1.165, 1.54) is 0 Å². The molecule has 20 heavy (non-hydrogen) atoms. The van der Waals surface area contributed by atoms with Gasteiger partial charge in [0.15, 0.2) is 6.29 Å². The summed E-state index contributed by atoms with van der Waals surface area (Å²) in [5.74, 6) is 1.68. The number of carbonyl (C=O) groups is 1. The van der Waals surface area contributed by atoms with Crippen LogP contribution in [0.1, 0.15) is 10.4 Å². The van der Waals surface area contributed by atoms with Crippen LogP contribution >= 0.6 is 0 Å². The molecule has 2 aromatic heterocycles. The molecule has 6 nitrogen and oxygen atoms in total. The summed E-state index contributed by atoms with van der Waals surface area (Å²) in [6.45, 7) is 3.46. The second-order valence-corrected chi connectivity index (χ2v) is 4.60. The first kappa shape index (κ1) is 12.5. The summed E-state index contributed by atoms with van der Waals surface area (Å²) < 4.78 is 0. The number of aldehydes is 1. The molecule has 0 atom stereocenters. The predicted octanol–water partition coefficient (Wildman–Crippen LogP) is 1.01. The Labute approximate surface area is 117 Å². The standard InChI is InChI=1S/C14H15N5O/c20-11-12-9-16-14(17-10-12)19-7-5-18(6-8-19)13-3-1-2-4-15-13/h1-4,9-11H,5-8H2. The molecule has 0 spiro atoms. The number of rotatable bonds is 3. The smallest absolute Gasteiger partial charge is 0.225 e. The molecule has 0 amide bonds. The average Bonchev–Trinajstić information content (AvgIpc) is 2.56. The molecule has 6 heteroatoms. The Kier molecular flexibility index (Phi) is 3.54. The van der Waals surface area contributed by atoms with Crippen LogP contribution in [0, 0.1) is 0 Å². The van der Waals surface area contributed by atoms with Gasteiger partial charge < -0.3 is 9.80 Å². The molecule has 102 valence electrons. The molecular weight excluding hydrogens is 254 g/mol. The highest BCUT2D eigenvalue weighted by atomic mass is 16.1. The fourth-order valence-electron chi connectivity index (χ4n) is 2.23. The highest BCUT2D eigenvalue weighted by molar-refractivity contribution is 5.73. The van der Waals surface area contributed by atoms with Crippen LogP contribution in [-0.2, 0) is 0 Å². The third-order valence-electron chi connectivity index (χ3n) is 3.33. The van der Waals surface area contributed by atoms with Crippen LogP contribution in [0.4, 0.5) is 11.8 Å². The Hall–Kier alpha value is -2.50. The molecule has 0 saturated carbocycles. The van der Waals surface area contributed by atoms with Crippen LogP contribution in [0.15, 0.2) is 36.8 Å². The maximum absolute atomic E-state index is 10.6. The summed E-state index contributed by atoms with van der Waals surface area (Å²) in [6, 6.07) is 5.93. The lowest BCUT2D eigenvalue weighted by molar-refractivity contribution is 0.112. The molecule has 0 aliphatic carbocycles. The number of hydrogen-bond donors (Lipinski definition) is 0. The minimum absolute atomic E-state index is 0.501. The van der Waals surface area contributed by atoms with Gasteiger partial charge in [0.05, 0.1) is 5.56 Å². The number of aromatic nitrogens is 3. The Balaban J connectivity index is 1.64. The lowest BCUT2D eigenvalue weighted by Crippen LogP contribution is -2.47. The largest absolute Gasteiger partial charge is 0.353 e. The van der Waals surface area contributed by atoms with E-state index in [-0.39, 0.29) is 0 Å². The first-order chi connectivity index (χ1) is 9.86. The monoisotopic (exact) mass is 269 g/mol. The van der Waals surface area contributed by atoms with Gasteiger partial charge in [-0.2, -0.15) is 0 Å². The lowest BCUT2D eigenvalue weighted by atomic mass is 10.3. The van der Waals surface area contributed by atoms with Crippen molar-refractivity contribution >= 4 is 18.1 Å². The Bertz CT molecular complexity index is 564. The molecule has 1 saturated heterocycles. The van der Waals surface area contributed by atoms with Crippen LogP contribution < -0.4 is 9.80 Å². The molecule has 2 aromatic rings. The quantitative estimate of drug-likeness (QED) is 0.775. The molecule has 0 bridgehead atoms. The van der Waals surface area contributed by atoms with Crippen LogP contribution in [0.2, 0.25) is 0 Å². The van der Waals surface area contributed by atoms with Crippen molar-refractivity contribution in [3.05, 3.63) is 42.4 Å². The first-order valence-electron chi connectivity index (χ1n) is 6.55. The maximum Gasteiger partial charge on any atom is 0.225 e. The molecule has 0 N–H and O–H groups in total. The summed E-state index contributed by atoms with van der Waals surface area (Å²) in [5.41, 5.74) is 0.501. The zero-order chi connectivity index (χ0) is 13.8. The molecule has 1 fully saturated rings. The molecule has 3 rings (SSSR count). The summed E-state index contributed by atoms with van der Waals surface area (Å²) in [7, 11) is 0. The molecule has 1 aliphatic heterocycles. The minimum Gasteiger partial charge on any atom is -0.353 e. The van der Waals surface area contributed by atoms with E-state index in [0.717, 1.165) is 38.3 Å². The minimum atomic E-state index is 0.501. The highest BCUT2D eigenvalue weighted by Crippen LogP contribution is 2.15. The van der Waals surface area contributed by atoms with E-state index in [0.29, 0.717) is 11.5 Å². The van der Waals surface area contributed by atoms with Gasteiger partial charge in [-0.15, -0.1) is 0 Å². The van der Waals surface area contributed by atoms with Crippen LogP contribution in [0.5, 0.6) is 0 Å². The SMILES string of the molecule is O=Cc1cnc(N2CCN(c3ccccn3)CC2)nc1. The van der Waals surface area contributed by atoms with Gasteiger partial charge in [-0.05, 0) is 12.1 Å². The number of pyridine rings is 1. The molecule has 3 heterocycles. The van der Waals surface area contributed by atoms with Crippen LogP contribution in [0.3, 0.4) is 0 Å². The maximum atomic E-state index is 10.6. The van der Waals surface area contributed by atoms with E-state index in [2.05, 4.69) is 24.8 Å². The van der Waals surface area contributed by atoms with Gasteiger partial charge in [0.1, 0.15) is 5.82 Å². The second kappa shape index (κ2) is 5.64. The van der Waals surface area contributed by atoms with E-state index < -0.39 is 0 Å². The average molecular weight is 269 g/mol. The topological polar surface area (TPSA) is 62.2 Å². The lowest BCUT2D eigenvalue weighted by Gasteiger charge is -2.35. The molecular formula is C14H15N5O. The zero-order valence-corrected chi connectivity index (χ0v) is 11.0. The number of hydrogen-bond acceptors (Lipinski definition) is 6. The van der Waals surface area contributed by atoms with Gasteiger partial charge in [0.25, 0.3) is 0 Å². The fraction of sp³-hybridized carbons (Fsp3) is 0.286. The number of carbonyl (C=O) groups excluding carboxylic acids is 1. The highest BCUT2D eigenvalue weighted by Gasteiger charge is 2.19. The van der Waals surface area contributed by atoms with Gasteiger partial charge in [-0.25, -0.2) is 15.0 Å². The van der Waals surface area contributed by atoms with Crippen molar-refractivity contribution in [3.63, 3.8) is 0 Å². The third kappa shape index (κ3) is 2.59. The third-order valence-corrected chi connectivity index (χ3v) is 3.33. The van der Waals surface area contributed by atoms with E-state index in [1.807, 2.05) is 24.4 Å². The van der Waals surface area contributed by atoms with Crippen molar-refractivity contribution < 1.29 is 4.79 Å². The van der Waals surface area contributed by atoms with E-state index in [4.69, 9.17) is 0 Å². The Morgan fingerprint density at radius 2 is 1.65 bits per heavy atom. The van der Waals surface area contributed by atoms with Crippen LogP contribution in [0.25, 0.3) is 0 Å². The summed E-state index contributed by atoms with van der Waals surface area (Å²) in [6.07, 6.45) is 5.67. The Morgan fingerprint density at radius 3 is 2.25 bits per heavy atom. The molecule has 1 aliphatic rings. The molecule has 0 aromatic carbocycles. The second-order valence-electron chi connectivity index (χ2n) is 4.60. The predicted molar refractivity (Wildman–Crippen MR) is 76.1 cm³/mol. The van der Waals surface area contributed by atoms with Crippen molar-refractivity contribution in [2.24, 2.45) is 0 Å². The van der Waals surface area contributed by atoms with Gasteiger partial charge in [-0.3, -0.25) is 4.79 Å². The first-order valence-corrected chi connectivity index (χ1v) is 6.55. The number of anilines is 2. The van der Waals surface area contributed by atoms with Gasteiger partial charge >= 0.3 is 0 Å². The Morgan fingerprint density at radius 1 is 0.950 bits per heavy atom. The summed E-state index contributed by atoms with van der Waals surface area (Å²) >= 11 is 0. The summed E-state index contributed by atoms with van der Waals surface area (Å²) in [5, 5.41) is 0. The van der Waals surface area contributed by atoms with Gasteiger partial charge in [-0.1, -0.05) is 6.07 Å². The summed E-state index contributed by atoms with van der Waals surface area (Å²) in [4.78, 5) is 27.8. The van der Waals surface area contributed by atoms with Crippen molar-refractivity contribution in [2.75, 3.05) is 36.0 Å². The molecule has 0 radical (unpaired) electrons.